The van der Waals surface area contributed by atoms with Crippen molar-refractivity contribution in [1.82, 2.24) is 4.90 Å². The van der Waals surface area contributed by atoms with E-state index in [0.717, 1.165) is 0 Å². The predicted octanol–water partition coefficient (Wildman–Crippen LogP) is 3.84. The molecule has 1 fully saturated rings. The van der Waals surface area contributed by atoms with E-state index in [2.05, 4.69) is 6.58 Å². The third-order valence-electron chi connectivity index (χ3n) is 4.24. The largest absolute Gasteiger partial charge is 0.416 e. The summed E-state index contributed by atoms with van der Waals surface area (Å²) in [6, 6.07) is 4.24. The summed E-state index contributed by atoms with van der Waals surface area (Å²) in [5.41, 5.74) is 0.197. The molecule has 1 aromatic rings. The van der Waals surface area contributed by atoms with Crippen LogP contribution in [0, 0.1) is 0 Å². The SMILES string of the molecule is C=CC(=O)N1CCN(c2cc(C(C)(C)C)cc(C(F)(F)F)c2)CC1. The van der Waals surface area contributed by atoms with E-state index in [9.17, 15) is 18.0 Å². The first-order valence-corrected chi connectivity index (χ1v) is 7.91. The minimum Gasteiger partial charge on any atom is -0.368 e. The van der Waals surface area contributed by atoms with Crippen LogP contribution in [0.2, 0.25) is 0 Å². The molecule has 2 rings (SSSR count). The summed E-state index contributed by atoms with van der Waals surface area (Å²) in [5, 5.41) is 0. The second-order valence-electron chi connectivity index (χ2n) is 7.03. The van der Waals surface area contributed by atoms with E-state index < -0.39 is 11.7 Å². The van der Waals surface area contributed by atoms with Gasteiger partial charge in [-0.2, -0.15) is 13.2 Å². The number of halogens is 3. The molecule has 6 heteroatoms. The van der Waals surface area contributed by atoms with Gasteiger partial charge in [-0.05, 0) is 35.3 Å². The van der Waals surface area contributed by atoms with Gasteiger partial charge in [0.25, 0.3) is 0 Å². The topological polar surface area (TPSA) is 23.6 Å². The first kappa shape index (κ1) is 18.4. The molecule has 3 nitrogen and oxygen atoms in total. The highest BCUT2D eigenvalue weighted by Crippen LogP contribution is 2.36. The van der Waals surface area contributed by atoms with E-state index in [1.807, 2.05) is 31.7 Å². The van der Waals surface area contributed by atoms with Crippen LogP contribution in [0.3, 0.4) is 0 Å². The van der Waals surface area contributed by atoms with Crippen LogP contribution < -0.4 is 4.90 Å². The van der Waals surface area contributed by atoms with Gasteiger partial charge in [-0.1, -0.05) is 27.4 Å². The van der Waals surface area contributed by atoms with Crippen molar-refractivity contribution in [1.29, 1.82) is 0 Å². The fraction of sp³-hybridized carbons (Fsp3) is 0.500. The summed E-state index contributed by atoms with van der Waals surface area (Å²) in [7, 11) is 0. The Labute approximate surface area is 140 Å². The molecule has 1 aliphatic heterocycles. The van der Waals surface area contributed by atoms with Gasteiger partial charge in [-0.3, -0.25) is 4.79 Å². The highest BCUT2D eigenvalue weighted by atomic mass is 19.4. The first-order chi connectivity index (χ1) is 11.0. The molecule has 1 saturated heterocycles. The molecule has 0 atom stereocenters. The summed E-state index contributed by atoms with van der Waals surface area (Å²) in [4.78, 5) is 15.2. The Balaban J connectivity index is 2.30. The molecular weight excluding hydrogens is 317 g/mol. The molecule has 0 spiro atoms. The second kappa shape index (κ2) is 6.49. The van der Waals surface area contributed by atoms with Crippen LogP contribution >= 0.6 is 0 Å². The Bertz CT molecular complexity index is 592. The number of nitrogens with zero attached hydrogens (tertiary/aromatic N) is 2. The van der Waals surface area contributed by atoms with Gasteiger partial charge < -0.3 is 9.80 Å². The number of alkyl halides is 3. The number of hydrogen-bond acceptors (Lipinski definition) is 2. The van der Waals surface area contributed by atoms with Crippen molar-refractivity contribution in [2.75, 3.05) is 31.1 Å². The van der Waals surface area contributed by atoms with E-state index >= 15 is 0 Å². The summed E-state index contributed by atoms with van der Waals surface area (Å²) in [6.45, 7) is 11.1. The molecule has 0 bridgehead atoms. The maximum Gasteiger partial charge on any atom is 0.416 e. The molecule has 0 saturated carbocycles. The summed E-state index contributed by atoms with van der Waals surface area (Å²) < 4.78 is 39.7. The third-order valence-corrected chi connectivity index (χ3v) is 4.24. The average molecular weight is 340 g/mol. The molecule has 1 heterocycles. The number of benzene rings is 1. The van der Waals surface area contributed by atoms with E-state index in [4.69, 9.17) is 0 Å². The van der Waals surface area contributed by atoms with Crippen LogP contribution in [-0.2, 0) is 16.4 Å². The molecule has 132 valence electrons. The minimum absolute atomic E-state index is 0.144. The van der Waals surface area contributed by atoms with Gasteiger partial charge in [-0.15, -0.1) is 0 Å². The zero-order chi connectivity index (χ0) is 18.1. The first-order valence-electron chi connectivity index (χ1n) is 7.91. The van der Waals surface area contributed by atoms with Crippen LogP contribution in [0.15, 0.2) is 30.9 Å². The Hall–Kier alpha value is -1.98. The molecular formula is C18H23F3N2O. The standard InChI is InChI=1S/C18H23F3N2O/c1-5-16(24)23-8-6-22(7-9-23)15-11-13(17(2,3)4)10-14(12-15)18(19,20)21/h5,10-12H,1,6-9H2,2-4H3. The van der Waals surface area contributed by atoms with Crippen molar-refractivity contribution in [2.45, 2.75) is 32.4 Å². The van der Waals surface area contributed by atoms with Crippen LogP contribution in [-0.4, -0.2) is 37.0 Å². The molecule has 1 aromatic carbocycles. The summed E-state index contributed by atoms with van der Waals surface area (Å²) in [5.74, 6) is -0.144. The lowest BCUT2D eigenvalue weighted by molar-refractivity contribution is -0.137. The maximum atomic E-state index is 13.2. The molecule has 1 aliphatic rings. The van der Waals surface area contributed by atoms with E-state index in [1.165, 1.54) is 18.2 Å². The molecule has 1 amide bonds. The molecule has 0 aromatic heterocycles. The van der Waals surface area contributed by atoms with Crippen molar-refractivity contribution in [3.8, 4) is 0 Å². The number of carbonyl (C=O) groups is 1. The highest BCUT2D eigenvalue weighted by Gasteiger charge is 2.33. The Morgan fingerprint density at radius 3 is 2.04 bits per heavy atom. The number of rotatable bonds is 2. The normalized spacial score (nSPS) is 16.2. The van der Waals surface area contributed by atoms with Gasteiger partial charge in [-0.25, -0.2) is 0 Å². The average Bonchev–Trinajstić information content (AvgIpc) is 2.52. The summed E-state index contributed by atoms with van der Waals surface area (Å²) in [6.07, 6.45) is -3.12. The van der Waals surface area contributed by atoms with Gasteiger partial charge >= 0.3 is 6.18 Å². The lowest BCUT2D eigenvalue weighted by Crippen LogP contribution is -2.48. The Kier molecular flexibility index (Phi) is 4.97. The smallest absolute Gasteiger partial charge is 0.368 e. The molecule has 0 N–H and O–H groups in total. The minimum atomic E-state index is -4.38. The maximum absolute atomic E-state index is 13.2. The molecule has 0 radical (unpaired) electrons. The van der Waals surface area contributed by atoms with E-state index in [1.54, 1.807) is 4.90 Å². The molecule has 24 heavy (non-hydrogen) atoms. The predicted molar refractivity (Wildman–Crippen MR) is 89.1 cm³/mol. The fourth-order valence-electron chi connectivity index (χ4n) is 2.70. The lowest BCUT2D eigenvalue weighted by Gasteiger charge is -2.36. The number of piperazine rings is 1. The monoisotopic (exact) mass is 340 g/mol. The fourth-order valence-corrected chi connectivity index (χ4v) is 2.70. The molecule has 0 unspecified atom stereocenters. The van der Waals surface area contributed by atoms with Gasteiger partial charge in [0.1, 0.15) is 0 Å². The molecule has 0 aliphatic carbocycles. The van der Waals surface area contributed by atoms with Gasteiger partial charge in [0.15, 0.2) is 0 Å². The number of anilines is 1. The zero-order valence-electron chi connectivity index (χ0n) is 14.3. The number of hydrogen-bond donors (Lipinski definition) is 0. The van der Waals surface area contributed by atoms with E-state index in [-0.39, 0.29) is 11.3 Å². The lowest BCUT2D eigenvalue weighted by atomic mass is 9.85. The second-order valence-corrected chi connectivity index (χ2v) is 7.03. The van der Waals surface area contributed by atoms with Crippen molar-refractivity contribution in [2.24, 2.45) is 0 Å². The summed E-state index contributed by atoms with van der Waals surface area (Å²) >= 11 is 0. The van der Waals surface area contributed by atoms with Crippen LogP contribution in [0.4, 0.5) is 18.9 Å². The third kappa shape index (κ3) is 4.10. The van der Waals surface area contributed by atoms with Crippen molar-refractivity contribution in [3.63, 3.8) is 0 Å². The van der Waals surface area contributed by atoms with Crippen LogP contribution in [0.5, 0.6) is 0 Å². The van der Waals surface area contributed by atoms with Gasteiger partial charge in [0.2, 0.25) is 5.91 Å². The van der Waals surface area contributed by atoms with Crippen LogP contribution in [0.1, 0.15) is 31.9 Å². The van der Waals surface area contributed by atoms with Crippen LogP contribution in [0.25, 0.3) is 0 Å². The zero-order valence-corrected chi connectivity index (χ0v) is 14.3. The van der Waals surface area contributed by atoms with Crippen molar-refractivity contribution < 1.29 is 18.0 Å². The van der Waals surface area contributed by atoms with E-state index in [0.29, 0.717) is 37.4 Å². The highest BCUT2D eigenvalue weighted by molar-refractivity contribution is 5.87. The van der Waals surface area contributed by atoms with Gasteiger partial charge in [0.05, 0.1) is 5.56 Å². The van der Waals surface area contributed by atoms with Gasteiger partial charge in [0, 0.05) is 31.9 Å². The Morgan fingerprint density at radius 2 is 1.58 bits per heavy atom. The number of amides is 1. The van der Waals surface area contributed by atoms with Crippen molar-refractivity contribution in [3.05, 3.63) is 42.0 Å². The Morgan fingerprint density at radius 1 is 1.04 bits per heavy atom. The van der Waals surface area contributed by atoms with Crippen molar-refractivity contribution >= 4 is 11.6 Å². The number of carbonyl (C=O) groups excluding carboxylic acids is 1. The quantitative estimate of drug-likeness (QED) is 0.764.